The fraction of sp³-hybridized carbons (Fsp3) is 0.222. The molecule has 1 amide bonds. The van der Waals surface area contributed by atoms with Gasteiger partial charge in [0.15, 0.2) is 6.10 Å². The van der Waals surface area contributed by atoms with Gasteiger partial charge in [-0.05, 0) is 30.7 Å². The molecule has 0 spiro atoms. The number of carbonyl (C=O) groups is 2. The van der Waals surface area contributed by atoms with E-state index in [0.717, 1.165) is 11.1 Å². The predicted molar refractivity (Wildman–Crippen MR) is 85.7 cm³/mol. The van der Waals surface area contributed by atoms with Gasteiger partial charge in [0.05, 0.1) is 18.4 Å². The second-order valence-electron chi connectivity index (χ2n) is 5.45. The summed E-state index contributed by atoms with van der Waals surface area (Å²) >= 11 is 0. The number of cyclic esters (lactones) is 1. The van der Waals surface area contributed by atoms with Crippen molar-refractivity contribution in [3.05, 3.63) is 59.2 Å². The molecule has 2 aromatic rings. The summed E-state index contributed by atoms with van der Waals surface area (Å²) in [6.45, 7) is 1.95. The lowest BCUT2D eigenvalue weighted by atomic mass is 9.96. The van der Waals surface area contributed by atoms with Crippen molar-refractivity contribution in [1.29, 1.82) is 0 Å². The molecule has 118 valence electrons. The lowest BCUT2D eigenvalue weighted by molar-refractivity contribution is -0.125. The van der Waals surface area contributed by atoms with Crippen molar-refractivity contribution in [3.63, 3.8) is 0 Å². The number of aryl methyl sites for hydroxylation is 1. The van der Waals surface area contributed by atoms with E-state index in [1.807, 2.05) is 25.1 Å². The van der Waals surface area contributed by atoms with E-state index in [1.54, 1.807) is 24.3 Å². The van der Waals surface area contributed by atoms with Gasteiger partial charge in [-0.3, -0.25) is 4.79 Å². The number of methoxy groups -OCH3 is 1. The Balaban J connectivity index is 1.80. The summed E-state index contributed by atoms with van der Waals surface area (Å²) in [6.07, 6.45) is -0.481. The zero-order chi connectivity index (χ0) is 16.4. The quantitative estimate of drug-likeness (QED) is 0.885. The molecule has 1 heterocycles. The maximum atomic E-state index is 12.4. The van der Waals surface area contributed by atoms with Crippen molar-refractivity contribution >= 4 is 17.6 Å². The SMILES string of the molecule is COc1ccccc1NC(=O)C1Cc2cc(C)ccc2C(=O)O1. The maximum absolute atomic E-state index is 12.4. The molecule has 0 fully saturated rings. The smallest absolute Gasteiger partial charge is 0.339 e. The molecule has 1 unspecified atom stereocenters. The minimum Gasteiger partial charge on any atom is -0.495 e. The van der Waals surface area contributed by atoms with Gasteiger partial charge < -0.3 is 14.8 Å². The Morgan fingerprint density at radius 1 is 1.26 bits per heavy atom. The van der Waals surface area contributed by atoms with E-state index in [1.165, 1.54) is 7.11 Å². The second kappa shape index (κ2) is 6.12. The van der Waals surface area contributed by atoms with Crippen molar-refractivity contribution in [3.8, 4) is 5.75 Å². The molecule has 2 aromatic carbocycles. The number of fused-ring (bicyclic) bond motifs is 1. The Bertz CT molecular complexity index is 769. The van der Waals surface area contributed by atoms with Gasteiger partial charge in [-0.15, -0.1) is 0 Å². The van der Waals surface area contributed by atoms with Crippen molar-refractivity contribution in [1.82, 2.24) is 0 Å². The molecule has 5 heteroatoms. The average Bonchev–Trinajstić information content (AvgIpc) is 2.54. The largest absolute Gasteiger partial charge is 0.495 e. The van der Waals surface area contributed by atoms with Gasteiger partial charge in [-0.1, -0.05) is 29.8 Å². The first-order valence-electron chi connectivity index (χ1n) is 7.33. The molecule has 5 nitrogen and oxygen atoms in total. The minimum atomic E-state index is -0.846. The zero-order valence-corrected chi connectivity index (χ0v) is 13.0. The third-order valence-electron chi connectivity index (χ3n) is 3.79. The van der Waals surface area contributed by atoms with Crippen LogP contribution in [0, 0.1) is 6.92 Å². The number of anilines is 1. The molecule has 0 saturated carbocycles. The van der Waals surface area contributed by atoms with E-state index < -0.39 is 12.1 Å². The molecule has 0 aromatic heterocycles. The summed E-state index contributed by atoms with van der Waals surface area (Å²) in [7, 11) is 1.53. The Labute approximate surface area is 134 Å². The molecule has 1 aliphatic rings. The van der Waals surface area contributed by atoms with Crippen molar-refractivity contribution in [2.75, 3.05) is 12.4 Å². The van der Waals surface area contributed by atoms with Gasteiger partial charge in [0.2, 0.25) is 0 Å². The molecular formula is C18H17NO4. The van der Waals surface area contributed by atoms with Gasteiger partial charge in [0.1, 0.15) is 5.75 Å². The summed E-state index contributed by atoms with van der Waals surface area (Å²) in [5.41, 5.74) is 2.95. The summed E-state index contributed by atoms with van der Waals surface area (Å²) < 4.78 is 10.5. The Morgan fingerprint density at radius 3 is 2.83 bits per heavy atom. The van der Waals surface area contributed by atoms with Crippen LogP contribution < -0.4 is 10.1 Å². The lowest BCUT2D eigenvalue weighted by Gasteiger charge is -2.24. The first-order chi connectivity index (χ1) is 11.1. The average molecular weight is 311 g/mol. The zero-order valence-electron chi connectivity index (χ0n) is 13.0. The number of hydrogen-bond donors (Lipinski definition) is 1. The van der Waals surface area contributed by atoms with Crippen LogP contribution in [0.25, 0.3) is 0 Å². The summed E-state index contributed by atoms with van der Waals surface area (Å²) in [6, 6.07) is 12.6. The van der Waals surface area contributed by atoms with Crippen LogP contribution in [0.1, 0.15) is 21.5 Å². The lowest BCUT2D eigenvalue weighted by Crippen LogP contribution is -2.38. The van der Waals surface area contributed by atoms with Crippen LogP contribution in [0.5, 0.6) is 5.75 Å². The van der Waals surface area contributed by atoms with E-state index in [4.69, 9.17) is 9.47 Å². The maximum Gasteiger partial charge on any atom is 0.339 e. The van der Waals surface area contributed by atoms with Gasteiger partial charge in [-0.2, -0.15) is 0 Å². The molecule has 23 heavy (non-hydrogen) atoms. The highest BCUT2D eigenvalue weighted by atomic mass is 16.5. The van der Waals surface area contributed by atoms with Crippen LogP contribution in [0.4, 0.5) is 5.69 Å². The summed E-state index contributed by atoms with van der Waals surface area (Å²) in [5, 5.41) is 2.76. The highest BCUT2D eigenvalue weighted by Gasteiger charge is 2.31. The van der Waals surface area contributed by atoms with E-state index in [9.17, 15) is 9.59 Å². The molecule has 0 bridgehead atoms. The number of nitrogens with one attached hydrogen (secondary N) is 1. The highest BCUT2D eigenvalue weighted by Crippen LogP contribution is 2.26. The number of ether oxygens (including phenoxy) is 2. The number of esters is 1. The minimum absolute atomic E-state index is 0.365. The second-order valence-corrected chi connectivity index (χ2v) is 5.45. The molecule has 3 rings (SSSR count). The predicted octanol–water partition coefficient (Wildman–Crippen LogP) is 2.72. The number of amides is 1. The number of para-hydroxylation sites is 2. The van der Waals surface area contributed by atoms with Crippen LogP contribution in [-0.4, -0.2) is 25.1 Å². The Hall–Kier alpha value is -2.82. The summed E-state index contributed by atoms with van der Waals surface area (Å²) in [5.74, 6) is -0.277. The topological polar surface area (TPSA) is 64.6 Å². The number of benzene rings is 2. The Morgan fingerprint density at radius 2 is 2.04 bits per heavy atom. The number of hydrogen-bond acceptors (Lipinski definition) is 4. The molecule has 1 N–H and O–H groups in total. The van der Waals surface area contributed by atoms with Crippen LogP contribution in [-0.2, 0) is 16.0 Å². The molecular weight excluding hydrogens is 294 g/mol. The monoisotopic (exact) mass is 311 g/mol. The first kappa shape index (κ1) is 15.1. The van der Waals surface area contributed by atoms with E-state index in [2.05, 4.69) is 5.32 Å². The van der Waals surface area contributed by atoms with Gasteiger partial charge >= 0.3 is 5.97 Å². The number of carbonyl (C=O) groups excluding carboxylic acids is 2. The molecule has 0 saturated heterocycles. The molecule has 1 aliphatic heterocycles. The van der Waals surface area contributed by atoms with Crippen molar-refractivity contribution < 1.29 is 19.1 Å². The van der Waals surface area contributed by atoms with Gasteiger partial charge in [0, 0.05) is 6.42 Å². The standard InChI is InChI=1S/C18H17NO4/c1-11-7-8-13-12(9-11)10-16(23-18(13)21)17(20)19-14-5-3-4-6-15(14)22-2/h3-9,16H,10H2,1-2H3,(H,19,20). The van der Waals surface area contributed by atoms with E-state index in [0.29, 0.717) is 23.4 Å². The molecule has 0 aliphatic carbocycles. The fourth-order valence-corrected chi connectivity index (χ4v) is 2.63. The van der Waals surface area contributed by atoms with Crippen LogP contribution in [0.3, 0.4) is 0 Å². The van der Waals surface area contributed by atoms with E-state index in [-0.39, 0.29) is 5.91 Å². The molecule has 1 atom stereocenters. The van der Waals surface area contributed by atoms with Crippen LogP contribution in [0.2, 0.25) is 0 Å². The van der Waals surface area contributed by atoms with Gasteiger partial charge in [-0.25, -0.2) is 4.79 Å². The normalized spacial score (nSPS) is 16.3. The van der Waals surface area contributed by atoms with Crippen molar-refractivity contribution in [2.45, 2.75) is 19.4 Å². The first-order valence-corrected chi connectivity index (χ1v) is 7.33. The number of rotatable bonds is 3. The Kier molecular flexibility index (Phi) is 4.02. The third-order valence-corrected chi connectivity index (χ3v) is 3.79. The van der Waals surface area contributed by atoms with E-state index >= 15 is 0 Å². The van der Waals surface area contributed by atoms with Crippen LogP contribution in [0.15, 0.2) is 42.5 Å². The van der Waals surface area contributed by atoms with Crippen LogP contribution >= 0.6 is 0 Å². The van der Waals surface area contributed by atoms with Crippen molar-refractivity contribution in [2.24, 2.45) is 0 Å². The summed E-state index contributed by atoms with van der Waals surface area (Å²) in [4.78, 5) is 24.5. The highest BCUT2D eigenvalue weighted by molar-refractivity contribution is 6.00. The third kappa shape index (κ3) is 3.04. The van der Waals surface area contributed by atoms with Gasteiger partial charge in [0.25, 0.3) is 5.91 Å². The fourth-order valence-electron chi connectivity index (χ4n) is 2.63. The molecule has 0 radical (unpaired) electrons.